The highest BCUT2D eigenvalue weighted by Crippen LogP contribution is 2.20. The number of hydrogen-bond donors (Lipinski definition) is 1. The summed E-state index contributed by atoms with van der Waals surface area (Å²) >= 11 is 0. The third-order valence-corrected chi connectivity index (χ3v) is 5.03. The molecule has 6 nitrogen and oxygen atoms in total. The van der Waals surface area contributed by atoms with Crippen LogP contribution in [0.15, 0.2) is 53.1 Å². The van der Waals surface area contributed by atoms with Crippen LogP contribution in [0.25, 0.3) is 11.4 Å². The summed E-state index contributed by atoms with van der Waals surface area (Å²) in [6.07, 6.45) is 0.925. The second kappa shape index (κ2) is 9.00. The molecule has 4 rings (SSSR count). The summed E-state index contributed by atoms with van der Waals surface area (Å²) in [5, 5.41) is 6.93. The van der Waals surface area contributed by atoms with Gasteiger partial charge in [0.25, 0.3) is 0 Å². The first kappa shape index (κ1) is 19.3. The Morgan fingerprint density at radius 3 is 2.48 bits per heavy atom. The maximum absolute atomic E-state index is 13.8. The van der Waals surface area contributed by atoms with Gasteiger partial charge in [0.2, 0.25) is 5.82 Å². The van der Waals surface area contributed by atoms with E-state index in [1.807, 2.05) is 12.1 Å². The Kier molecular flexibility index (Phi) is 6.00. The third kappa shape index (κ3) is 4.89. The van der Waals surface area contributed by atoms with Crippen LogP contribution >= 0.6 is 0 Å². The number of nitrogens with one attached hydrogen (secondary N) is 1. The van der Waals surface area contributed by atoms with Gasteiger partial charge in [-0.1, -0.05) is 17.3 Å². The van der Waals surface area contributed by atoms with Gasteiger partial charge in [-0.15, -0.1) is 0 Å². The maximum atomic E-state index is 13.8. The van der Waals surface area contributed by atoms with Gasteiger partial charge in [0.15, 0.2) is 0 Å². The number of piperazine rings is 1. The lowest BCUT2D eigenvalue weighted by atomic mass is 10.2. The van der Waals surface area contributed by atoms with Crippen LogP contribution in [-0.4, -0.2) is 54.3 Å². The van der Waals surface area contributed by atoms with Crippen LogP contribution in [0.3, 0.4) is 0 Å². The van der Waals surface area contributed by atoms with Crippen molar-refractivity contribution in [3.63, 3.8) is 0 Å². The molecule has 3 aromatic rings. The van der Waals surface area contributed by atoms with Crippen molar-refractivity contribution < 1.29 is 13.3 Å². The molecule has 0 bridgehead atoms. The molecule has 152 valence electrons. The van der Waals surface area contributed by atoms with Gasteiger partial charge in [-0.25, -0.2) is 8.78 Å². The lowest BCUT2D eigenvalue weighted by Gasteiger charge is -2.36. The van der Waals surface area contributed by atoms with Crippen LogP contribution in [0.5, 0.6) is 0 Å². The minimum Gasteiger partial charge on any atom is -0.369 e. The van der Waals surface area contributed by atoms with E-state index in [0.29, 0.717) is 18.1 Å². The summed E-state index contributed by atoms with van der Waals surface area (Å²) in [6, 6.07) is 13.3. The Hall–Kier alpha value is -3.00. The molecule has 1 aliphatic rings. The normalized spacial score (nSPS) is 14.9. The maximum Gasteiger partial charge on any atom is 0.321 e. The molecule has 2 heterocycles. The summed E-state index contributed by atoms with van der Waals surface area (Å²) in [4.78, 5) is 8.88. The second-order valence-corrected chi connectivity index (χ2v) is 6.99. The van der Waals surface area contributed by atoms with E-state index in [2.05, 4.69) is 25.3 Å². The van der Waals surface area contributed by atoms with Crippen molar-refractivity contribution in [2.24, 2.45) is 0 Å². The lowest BCUT2D eigenvalue weighted by Crippen LogP contribution is -2.46. The standard InChI is InChI=1S/C21H23F2N5O/c22-16-6-8-17(9-7-16)28-14-12-27(13-15-28)11-3-10-24-21-25-20(26-29-21)18-4-1-2-5-19(18)23/h1-2,4-9H,3,10-15H2,(H,24,25,26). The second-order valence-electron chi connectivity index (χ2n) is 6.99. The highest BCUT2D eigenvalue weighted by molar-refractivity contribution is 5.56. The van der Waals surface area contributed by atoms with Crippen molar-refractivity contribution in [2.75, 3.05) is 49.5 Å². The van der Waals surface area contributed by atoms with E-state index < -0.39 is 0 Å². The van der Waals surface area contributed by atoms with Crippen molar-refractivity contribution in [3.8, 4) is 11.4 Å². The van der Waals surface area contributed by atoms with E-state index >= 15 is 0 Å². The van der Waals surface area contributed by atoms with Crippen molar-refractivity contribution >= 4 is 11.7 Å². The Balaban J connectivity index is 1.18. The van der Waals surface area contributed by atoms with E-state index in [0.717, 1.165) is 44.8 Å². The number of anilines is 2. The van der Waals surface area contributed by atoms with E-state index in [1.54, 1.807) is 18.2 Å². The summed E-state index contributed by atoms with van der Waals surface area (Å²) in [6.45, 7) is 5.43. The summed E-state index contributed by atoms with van der Waals surface area (Å²) in [5.74, 6) is -0.343. The molecule has 8 heteroatoms. The summed E-state index contributed by atoms with van der Waals surface area (Å²) in [7, 11) is 0. The smallest absolute Gasteiger partial charge is 0.321 e. The van der Waals surface area contributed by atoms with Crippen LogP contribution in [0.1, 0.15) is 6.42 Å². The zero-order valence-electron chi connectivity index (χ0n) is 16.0. The molecular formula is C21H23F2N5O. The van der Waals surface area contributed by atoms with Crippen molar-refractivity contribution in [1.82, 2.24) is 15.0 Å². The molecule has 1 aliphatic heterocycles. The number of aromatic nitrogens is 2. The molecule has 2 aromatic carbocycles. The molecule has 0 amide bonds. The molecule has 0 aliphatic carbocycles. The van der Waals surface area contributed by atoms with Gasteiger partial charge < -0.3 is 14.7 Å². The fraction of sp³-hybridized carbons (Fsp3) is 0.333. The first-order chi connectivity index (χ1) is 14.2. The molecule has 1 fully saturated rings. The molecular weight excluding hydrogens is 376 g/mol. The molecule has 29 heavy (non-hydrogen) atoms. The molecule has 1 saturated heterocycles. The molecule has 0 saturated carbocycles. The van der Waals surface area contributed by atoms with Crippen LogP contribution in [0.4, 0.5) is 20.5 Å². The first-order valence-corrected chi connectivity index (χ1v) is 9.74. The van der Waals surface area contributed by atoms with Crippen LogP contribution < -0.4 is 10.2 Å². The predicted molar refractivity (Wildman–Crippen MR) is 108 cm³/mol. The van der Waals surface area contributed by atoms with E-state index in [-0.39, 0.29) is 17.5 Å². The minimum atomic E-state index is -0.375. The summed E-state index contributed by atoms with van der Waals surface area (Å²) < 4.78 is 32.0. The fourth-order valence-corrected chi connectivity index (χ4v) is 3.43. The molecule has 0 radical (unpaired) electrons. The number of nitrogens with zero attached hydrogens (tertiary/aromatic N) is 4. The molecule has 1 N–H and O–H groups in total. The highest BCUT2D eigenvalue weighted by atomic mass is 19.1. The number of hydrogen-bond acceptors (Lipinski definition) is 6. The molecule has 0 spiro atoms. The van der Waals surface area contributed by atoms with Crippen molar-refractivity contribution in [3.05, 3.63) is 60.2 Å². The van der Waals surface area contributed by atoms with Gasteiger partial charge in [0.1, 0.15) is 11.6 Å². The zero-order valence-corrected chi connectivity index (χ0v) is 16.0. The Morgan fingerprint density at radius 2 is 1.72 bits per heavy atom. The Labute approximate surface area is 168 Å². The Morgan fingerprint density at radius 1 is 0.966 bits per heavy atom. The number of rotatable bonds is 7. The quantitative estimate of drug-likeness (QED) is 0.612. The average Bonchev–Trinajstić information content (AvgIpc) is 3.21. The van der Waals surface area contributed by atoms with Gasteiger partial charge >= 0.3 is 6.01 Å². The average molecular weight is 399 g/mol. The number of halogens is 2. The van der Waals surface area contributed by atoms with Gasteiger partial charge in [0.05, 0.1) is 5.56 Å². The molecule has 1 aromatic heterocycles. The zero-order chi connectivity index (χ0) is 20.1. The van der Waals surface area contributed by atoms with Crippen LogP contribution in [0, 0.1) is 11.6 Å². The first-order valence-electron chi connectivity index (χ1n) is 9.74. The number of benzene rings is 2. The molecule has 0 atom stereocenters. The fourth-order valence-electron chi connectivity index (χ4n) is 3.43. The van der Waals surface area contributed by atoms with Crippen LogP contribution in [-0.2, 0) is 0 Å². The van der Waals surface area contributed by atoms with Crippen molar-refractivity contribution in [1.29, 1.82) is 0 Å². The topological polar surface area (TPSA) is 57.4 Å². The van der Waals surface area contributed by atoms with Gasteiger partial charge in [-0.2, -0.15) is 4.98 Å². The summed E-state index contributed by atoms with van der Waals surface area (Å²) in [5.41, 5.74) is 1.39. The lowest BCUT2D eigenvalue weighted by molar-refractivity contribution is 0.257. The monoisotopic (exact) mass is 399 g/mol. The Bertz CT molecular complexity index is 923. The van der Waals surface area contributed by atoms with E-state index in [1.165, 1.54) is 18.2 Å². The largest absolute Gasteiger partial charge is 0.369 e. The van der Waals surface area contributed by atoms with Crippen molar-refractivity contribution in [2.45, 2.75) is 6.42 Å². The third-order valence-electron chi connectivity index (χ3n) is 5.03. The highest BCUT2D eigenvalue weighted by Gasteiger charge is 2.17. The van der Waals surface area contributed by atoms with Gasteiger partial charge in [0, 0.05) is 38.4 Å². The van der Waals surface area contributed by atoms with Gasteiger partial charge in [-0.3, -0.25) is 4.90 Å². The molecule has 0 unspecified atom stereocenters. The van der Waals surface area contributed by atoms with Gasteiger partial charge in [-0.05, 0) is 49.4 Å². The predicted octanol–water partition coefficient (Wildman–Crippen LogP) is 3.64. The SMILES string of the molecule is Fc1ccc(N2CCN(CCCNc3nc(-c4ccccc4F)no3)CC2)cc1. The van der Waals surface area contributed by atoms with E-state index in [9.17, 15) is 8.78 Å². The minimum absolute atomic E-state index is 0.206. The van der Waals surface area contributed by atoms with Crippen LogP contribution in [0.2, 0.25) is 0 Å². The van der Waals surface area contributed by atoms with E-state index in [4.69, 9.17) is 4.52 Å².